The van der Waals surface area contributed by atoms with E-state index >= 15 is 0 Å². The molecule has 1 unspecified atom stereocenters. The highest BCUT2D eigenvalue weighted by Crippen LogP contribution is 2.09. The maximum atomic E-state index is 11.4. The number of rotatable bonds is 4. The molecular formula is C11H18O6. The van der Waals surface area contributed by atoms with Gasteiger partial charge >= 0.3 is 17.9 Å². The zero-order valence-electron chi connectivity index (χ0n) is 10.7. The van der Waals surface area contributed by atoms with Crippen LogP contribution in [0.2, 0.25) is 0 Å². The maximum absolute atomic E-state index is 11.4. The fourth-order valence-electron chi connectivity index (χ4n) is 0.825. The van der Waals surface area contributed by atoms with Gasteiger partial charge in [0.15, 0.2) is 12.7 Å². The lowest BCUT2D eigenvalue weighted by Gasteiger charge is -2.22. The quantitative estimate of drug-likeness (QED) is 0.540. The largest absolute Gasteiger partial charge is 0.457 e. The van der Waals surface area contributed by atoms with Gasteiger partial charge in [0.1, 0.15) is 5.60 Å². The van der Waals surface area contributed by atoms with E-state index in [1.807, 2.05) is 0 Å². The molecule has 0 aromatic rings. The summed E-state index contributed by atoms with van der Waals surface area (Å²) < 4.78 is 14.1. The summed E-state index contributed by atoms with van der Waals surface area (Å²) in [6.07, 6.45) is -1.03. The summed E-state index contributed by atoms with van der Waals surface area (Å²) in [7, 11) is 0. The minimum Gasteiger partial charge on any atom is -0.457 e. The number of esters is 3. The standard InChI is InChI=1S/C11H18O6/c1-7(10(14)17-11(3,4)5)16-9(13)6-15-8(2)12/h7H,6H2,1-5H3. The molecule has 0 saturated heterocycles. The van der Waals surface area contributed by atoms with Crippen molar-refractivity contribution in [2.45, 2.75) is 46.3 Å². The first-order chi connectivity index (χ1) is 7.61. The van der Waals surface area contributed by atoms with Crippen LogP contribution in [0.25, 0.3) is 0 Å². The van der Waals surface area contributed by atoms with Crippen LogP contribution in [0.4, 0.5) is 0 Å². The Hall–Kier alpha value is -1.59. The van der Waals surface area contributed by atoms with Crippen molar-refractivity contribution in [3.8, 4) is 0 Å². The zero-order chi connectivity index (χ0) is 13.6. The molecule has 17 heavy (non-hydrogen) atoms. The van der Waals surface area contributed by atoms with Crippen LogP contribution in [0, 0.1) is 0 Å². The highest BCUT2D eigenvalue weighted by atomic mass is 16.6. The van der Waals surface area contributed by atoms with E-state index in [1.54, 1.807) is 20.8 Å². The van der Waals surface area contributed by atoms with E-state index in [2.05, 4.69) is 4.74 Å². The van der Waals surface area contributed by atoms with Crippen LogP contribution in [-0.2, 0) is 28.6 Å². The summed E-state index contributed by atoms with van der Waals surface area (Å²) in [6, 6.07) is 0. The van der Waals surface area contributed by atoms with Crippen molar-refractivity contribution in [2.24, 2.45) is 0 Å². The molecule has 0 aliphatic rings. The first-order valence-corrected chi connectivity index (χ1v) is 5.17. The predicted octanol–water partition coefficient (Wildman–Crippen LogP) is 0.823. The molecule has 0 radical (unpaired) electrons. The third-order valence-corrected chi connectivity index (χ3v) is 1.44. The summed E-state index contributed by atoms with van der Waals surface area (Å²) in [6.45, 7) is 7.17. The molecule has 98 valence electrons. The Kier molecular flexibility index (Phi) is 5.64. The topological polar surface area (TPSA) is 78.9 Å². The van der Waals surface area contributed by atoms with Gasteiger partial charge in [-0.05, 0) is 27.7 Å². The third-order valence-electron chi connectivity index (χ3n) is 1.44. The first kappa shape index (κ1) is 15.4. The second kappa shape index (κ2) is 6.22. The minimum absolute atomic E-state index is 0.511. The molecule has 0 aliphatic carbocycles. The van der Waals surface area contributed by atoms with Crippen LogP contribution in [0.3, 0.4) is 0 Å². The van der Waals surface area contributed by atoms with Gasteiger partial charge in [0.05, 0.1) is 0 Å². The van der Waals surface area contributed by atoms with Crippen LogP contribution >= 0.6 is 0 Å². The Morgan fingerprint density at radius 3 is 2.12 bits per heavy atom. The van der Waals surface area contributed by atoms with Crippen LogP contribution in [0.1, 0.15) is 34.6 Å². The van der Waals surface area contributed by atoms with Crippen LogP contribution in [0.15, 0.2) is 0 Å². The Morgan fingerprint density at radius 2 is 1.71 bits per heavy atom. The third kappa shape index (κ3) is 8.24. The lowest BCUT2D eigenvalue weighted by Crippen LogP contribution is -2.34. The van der Waals surface area contributed by atoms with E-state index in [1.165, 1.54) is 13.8 Å². The van der Waals surface area contributed by atoms with Gasteiger partial charge in [-0.2, -0.15) is 0 Å². The highest BCUT2D eigenvalue weighted by molar-refractivity contribution is 5.80. The molecule has 0 spiro atoms. The molecule has 0 N–H and O–H groups in total. The SMILES string of the molecule is CC(=O)OCC(=O)OC(C)C(=O)OC(C)(C)C. The molecule has 0 aliphatic heterocycles. The molecule has 0 fully saturated rings. The van der Waals surface area contributed by atoms with Crippen molar-refractivity contribution in [3.63, 3.8) is 0 Å². The summed E-state index contributed by atoms with van der Waals surface area (Å²) in [5.41, 5.74) is -0.645. The van der Waals surface area contributed by atoms with Crippen molar-refractivity contribution >= 4 is 17.9 Å². The summed E-state index contributed by atoms with van der Waals surface area (Å²) in [5.74, 6) is -2.03. The van der Waals surface area contributed by atoms with Crippen LogP contribution in [-0.4, -0.2) is 36.2 Å². The maximum Gasteiger partial charge on any atom is 0.347 e. The average Bonchev–Trinajstić information content (AvgIpc) is 2.11. The first-order valence-electron chi connectivity index (χ1n) is 5.17. The lowest BCUT2D eigenvalue weighted by molar-refractivity contribution is -0.177. The molecule has 0 bridgehead atoms. The summed E-state index contributed by atoms with van der Waals surface area (Å²) >= 11 is 0. The molecule has 6 heteroatoms. The Bertz CT molecular complexity index is 302. The monoisotopic (exact) mass is 246 g/mol. The second-order valence-electron chi connectivity index (χ2n) is 4.45. The van der Waals surface area contributed by atoms with Crippen LogP contribution < -0.4 is 0 Å². The fraction of sp³-hybridized carbons (Fsp3) is 0.727. The molecule has 6 nitrogen and oxygen atoms in total. The van der Waals surface area contributed by atoms with Crippen molar-refractivity contribution in [3.05, 3.63) is 0 Å². The minimum atomic E-state index is -1.03. The van der Waals surface area contributed by atoms with Gasteiger partial charge in [-0.25, -0.2) is 9.59 Å². The van der Waals surface area contributed by atoms with Crippen molar-refractivity contribution in [1.29, 1.82) is 0 Å². The van der Waals surface area contributed by atoms with Gasteiger partial charge in [-0.15, -0.1) is 0 Å². The molecule has 0 aromatic carbocycles. The van der Waals surface area contributed by atoms with Gasteiger partial charge in [0.2, 0.25) is 0 Å². The van der Waals surface area contributed by atoms with Crippen molar-refractivity contribution in [1.82, 2.24) is 0 Å². The number of carbonyl (C=O) groups excluding carboxylic acids is 3. The van der Waals surface area contributed by atoms with Crippen molar-refractivity contribution in [2.75, 3.05) is 6.61 Å². The predicted molar refractivity (Wildman–Crippen MR) is 58.0 cm³/mol. The Balaban J connectivity index is 4.08. The second-order valence-corrected chi connectivity index (χ2v) is 4.45. The number of ether oxygens (including phenoxy) is 3. The number of carbonyl (C=O) groups is 3. The van der Waals surface area contributed by atoms with E-state index in [4.69, 9.17) is 9.47 Å². The van der Waals surface area contributed by atoms with E-state index in [9.17, 15) is 14.4 Å². The normalized spacial score (nSPS) is 12.5. The average molecular weight is 246 g/mol. The smallest absolute Gasteiger partial charge is 0.347 e. The van der Waals surface area contributed by atoms with E-state index in [0.717, 1.165) is 0 Å². The molecule has 0 heterocycles. The molecular weight excluding hydrogens is 228 g/mol. The van der Waals surface area contributed by atoms with Gasteiger partial charge < -0.3 is 14.2 Å². The highest BCUT2D eigenvalue weighted by Gasteiger charge is 2.24. The van der Waals surface area contributed by atoms with Gasteiger partial charge in [0, 0.05) is 6.92 Å². The van der Waals surface area contributed by atoms with E-state index < -0.39 is 36.2 Å². The molecule has 0 rings (SSSR count). The zero-order valence-corrected chi connectivity index (χ0v) is 10.7. The van der Waals surface area contributed by atoms with Crippen LogP contribution in [0.5, 0.6) is 0 Å². The number of hydrogen-bond acceptors (Lipinski definition) is 6. The lowest BCUT2D eigenvalue weighted by atomic mass is 10.2. The van der Waals surface area contributed by atoms with Gasteiger partial charge in [-0.1, -0.05) is 0 Å². The summed E-state index contributed by atoms with van der Waals surface area (Å²) in [5, 5.41) is 0. The Labute approximate surface area is 100 Å². The Morgan fingerprint density at radius 1 is 1.18 bits per heavy atom. The summed E-state index contributed by atoms with van der Waals surface area (Å²) in [4.78, 5) is 33.0. The van der Waals surface area contributed by atoms with Crippen molar-refractivity contribution < 1.29 is 28.6 Å². The number of hydrogen-bond donors (Lipinski definition) is 0. The molecule has 1 atom stereocenters. The van der Waals surface area contributed by atoms with Gasteiger partial charge in [0.25, 0.3) is 0 Å². The van der Waals surface area contributed by atoms with E-state index in [-0.39, 0.29) is 0 Å². The fourth-order valence-corrected chi connectivity index (χ4v) is 0.825. The van der Waals surface area contributed by atoms with Gasteiger partial charge in [-0.3, -0.25) is 4.79 Å². The molecule has 0 amide bonds. The molecule has 0 saturated carbocycles. The van der Waals surface area contributed by atoms with E-state index in [0.29, 0.717) is 0 Å². The molecule has 0 aromatic heterocycles.